The van der Waals surface area contributed by atoms with Gasteiger partial charge in [0.15, 0.2) is 0 Å². The molecule has 3 heterocycles. The SMILES string of the molecule is C=CC(=O)Nc1cccc(-c2c(F)ccc3cnc(Nc4ccc(NC5CCNC5)nc4)nc23)c1. The Bertz CT molecular complexity index is 1380. The summed E-state index contributed by atoms with van der Waals surface area (Å²) in [5.41, 5.74) is 2.61. The molecule has 1 saturated heterocycles. The van der Waals surface area contributed by atoms with Crippen molar-refractivity contribution in [3.05, 3.63) is 79.4 Å². The lowest BCUT2D eigenvalue weighted by Gasteiger charge is -2.13. The molecule has 4 N–H and O–H groups in total. The summed E-state index contributed by atoms with van der Waals surface area (Å²) in [6, 6.07) is 14.1. The molecule has 1 aliphatic rings. The summed E-state index contributed by atoms with van der Waals surface area (Å²) >= 11 is 0. The van der Waals surface area contributed by atoms with Crippen LogP contribution >= 0.6 is 0 Å². The van der Waals surface area contributed by atoms with Gasteiger partial charge in [-0.1, -0.05) is 18.7 Å². The van der Waals surface area contributed by atoms with Gasteiger partial charge in [-0.15, -0.1) is 0 Å². The van der Waals surface area contributed by atoms with Gasteiger partial charge in [-0.05, 0) is 61.0 Å². The maximum Gasteiger partial charge on any atom is 0.247 e. The molecule has 0 radical (unpaired) electrons. The van der Waals surface area contributed by atoms with Crippen molar-refractivity contribution < 1.29 is 9.18 Å². The van der Waals surface area contributed by atoms with Crippen molar-refractivity contribution in [1.82, 2.24) is 20.3 Å². The second-order valence-corrected chi connectivity index (χ2v) is 8.22. The molecular weight excluding hydrogens is 445 g/mol. The number of pyridine rings is 1. The molecule has 1 fully saturated rings. The number of carbonyl (C=O) groups excluding carboxylic acids is 1. The van der Waals surface area contributed by atoms with E-state index >= 15 is 4.39 Å². The minimum Gasteiger partial charge on any atom is -0.366 e. The Morgan fingerprint density at radius 2 is 2.03 bits per heavy atom. The lowest BCUT2D eigenvalue weighted by molar-refractivity contribution is -0.111. The largest absolute Gasteiger partial charge is 0.366 e. The Balaban J connectivity index is 1.43. The number of hydrogen-bond acceptors (Lipinski definition) is 7. The number of aromatic nitrogens is 3. The molecule has 0 saturated carbocycles. The number of fused-ring (bicyclic) bond motifs is 1. The first kappa shape index (κ1) is 22.4. The Morgan fingerprint density at radius 3 is 2.80 bits per heavy atom. The zero-order valence-corrected chi connectivity index (χ0v) is 18.9. The summed E-state index contributed by atoms with van der Waals surface area (Å²) in [5.74, 6) is 0.358. The third kappa shape index (κ3) is 5.10. The van der Waals surface area contributed by atoms with Gasteiger partial charge in [0, 0.05) is 35.4 Å². The monoisotopic (exact) mass is 469 g/mol. The molecular formula is C26H24FN7O. The Morgan fingerprint density at radius 1 is 1.11 bits per heavy atom. The number of anilines is 4. The van der Waals surface area contributed by atoms with Crippen LogP contribution in [-0.4, -0.2) is 40.0 Å². The van der Waals surface area contributed by atoms with Crippen molar-refractivity contribution in [2.75, 3.05) is 29.0 Å². The zero-order chi connectivity index (χ0) is 24.2. The number of nitrogens with zero attached hydrogens (tertiary/aromatic N) is 3. The normalized spacial score (nSPS) is 15.1. The van der Waals surface area contributed by atoms with Crippen LogP contribution in [-0.2, 0) is 4.79 Å². The van der Waals surface area contributed by atoms with Gasteiger partial charge in [0.2, 0.25) is 11.9 Å². The third-order valence-electron chi connectivity index (χ3n) is 5.74. The van der Waals surface area contributed by atoms with Crippen LogP contribution in [0.3, 0.4) is 0 Å². The standard InChI is InChI=1S/C26H24FN7O/c1-2-23(35)32-18-5-3-4-16(12-18)24-21(27)8-6-17-13-30-26(34-25(17)24)33-19-7-9-22(29-15-19)31-20-10-11-28-14-20/h2-9,12-13,15,20,28H,1,10-11,14H2,(H,29,31)(H,32,35)(H,30,33,34). The van der Waals surface area contributed by atoms with E-state index in [1.165, 1.54) is 12.1 Å². The van der Waals surface area contributed by atoms with Crippen molar-refractivity contribution in [3.63, 3.8) is 0 Å². The smallest absolute Gasteiger partial charge is 0.247 e. The molecule has 0 spiro atoms. The van der Waals surface area contributed by atoms with Crippen LogP contribution < -0.4 is 21.3 Å². The van der Waals surface area contributed by atoms with Gasteiger partial charge in [0.25, 0.3) is 0 Å². The molecule has 2 aromatic heterocycles. The average molecular weight is 470 g/mol. The fourth-order valence-corrected chi connectivity index (χ4v) is 4.02. The molecule has 35 heavy (non-hydrogen) atoms. The van der Waals surface area contributed by atoms with Gasteiger partial charge in [-0.25, -0.2) is 19.3 Å². The fourth-order valence-electron chi connectivity index (χ4n) is 4.02. The molecule has 176 valence electrons. The lowest BCUT2D eigenvalue weighted by Crippen LogP contribution is -2.22. The molecule has 4 aromatic rings. The second kappa shape index (κ2) is 9.86. The number of hydrogen-bond donors (Lipinski definition) is 4. The number of halogens is 1. The number of amides is 1. The molecule has 9 heteroatoms. The van der Waals surface area contributed by atoms with Crippen LogP contribution in [0.1, 0.15) is 6.42 Å². The van der Waals surface area contributed by atoms with E-state index in [1.807, 2.05) is 12.1 Å². The van der Waals surface area contributed by atoms with Gasteiger partial charge < -0.3 is 21.3 Å². The van der Waals surface area contributed by atoms with E-state index in [0.29, 0.717) is 45.4 Å². The Hall–Kier alpha value is -4.37. The molecule has 0 aliphatic carbocycles. The fraction of sp³-hybridized carbons (Fsp3) is 0.154. The summed E-state index contributed by atoms with van der Waals surface area (Å²) in [4.78, 5) is 25.1. The number of rotatable bonds is 7. The van der Waals surface area contributed by atoms with E-state index < -0.39 is 5.82 Å². The molecule has 1 aliphatic heterocycles. The van der Waals surface area contributed by atoms with Crippen LogP contribution in [0.2, 0.25) is 0 Å². The highest BCUT2D eigenvalue weighted by atomic mass is 19.1. The zero-order valence-electron chi connectivity index (χ0n) is 18.9. The number of carbonyl (C=O) groups is 1. The molecule has 5 rings (SSSR count). The molecule has 2 aromatic carbocycles. The summed E-state index contributed by atoms with van der Waals surface area (Å²) in [6.45, 7) is 5.39. The van der Waals surface area contributed by atoms with Gasteiger partial charge in [-0.2, -0.15) is 0 Å². The van der Waals surface area contributed by atoms with Crippen LogP contribution in [0.4, 0.5) is 27.5 Å². The minimum atomic E-state index is -0.423. The quantitative estimate of drug-likeness (QED) is 0.296. The number of nitrogens with one attached hydrogen (secondary N) is 4. The van der Waals surface area contributed by atoms with Crippen molar-refractivity contribution >= 4 is 40.0 Å². The van der Waals surface area contributed by atoms with Crippen molar-refractivity contribution in [1.29, 1.82) is 0 Å². The van der Waals surface area contributed by atoms with Crippen molar-refractivity contribution in [2.45, 2.75) is 12.5 Å². The van der Waals surface area contributed by atoms with Gasteiger partial charge >= 0.3 is 0 Å². The van der Waals surface area contributed by atoms with Gasteiger partial charge in [0.05, 0.1) is 17.4 Å². The predicted molar refractivity (Wildman–Crippen MR) is 136 cm³/mol. The van der Waals surface area contributed by atoms with E-state index in [4.69, 9.17) is 0 Å². The van der Waals surface area contributed by atoms with E-state index in [2.05, 4.69) is 42.8 Å². The Kier molecular flexibility index (Phi) is 6.32. The lowest BCUT2D eigenvalue weighted by atomic mass is 10.0. The molecule has 0 bridgehead atoms. The highest BCUT2D eigenvalue weighted by Crippen LogP contribution is 2.32. The minimum absolute atomic E-state index is 0.322. The van der Waals surface area contributed by atoms with E-state index in [-0.39, 0.29) is 5.91 Å². The first-order chi connectivity index (χ1) is 17.1. The van der Waals surface area contributed by atoms with Crippen molar-refractivity contribution in [3.8, 4) is 11.1 Å². The first-order valence-electron chi connectivity index (χ1n) is 11.3. The summed E-state index contributed by atoms with van der Waals surface area (Å²) in [7, 11) is 0. The molecule has 1 amide bonds. The van der Waals surface area contributed by atoms with E-state index in [9.17, 15) is 4.79 Å². The number of benzene rings is 2. The average Bonchev–Trinajstić information content (AvgIpc) is 3.38. The summed E-state index contributed by atoms with van der Waals surface area (Å²) < 4.78 is 15.0. The summed E-state index contributed by atoms with van der Waals surface area (Å²) in [6.07, 6.45) is 5.60. The summed E-state index contributed by atoms with van der Waals surface area (Å²) in [5, 5.41) is 13.3. The third-order valence-corrected chi connectivity index (χ3v) is 5.74. The van der Waals surface area contributed by atoms with Crippen LogP contribution in [0, 0.1) is 5.82 Å². The van der Waals surface area contributed by atoms with Crippen LogP contribution in [0.25, 0.3) is 22.0 Å². The second-order valence-electron chi connectivity index (χ2n) is 8.22. The van der Waals surface area contributed by atoms with Gasteiger partial charge in [-0.3, -0.25) is 4.79 Å². The van der Waals surface area contributed by atoms with Crippen molar-refractivity contribution in [2.24, 2.45) is 0 Å². The molecule has 1 atom stereocenters. The van der Waals surface area contributed by atoms with Crippen LogP contribution in [0.15, 0.2) is 73.6 Å². The topological polar surface area (TPSA) is 104 Å². The van der Waals surface area contributed by atoms with E-state index in [1.54, 1.807) is 42.7 Å². The first-order valence-corrected chi connectivity index (χ1v) is 11.3. The molecule has 8 nitrogen and oxygen atoms in total. The van der Waals surface area contributed by atoms with Crippen LogP contribution in [0.5, 0.6) is 0 Å². The molecule has 1 unspecified atom stereocenters. The van der Waals surface area contributed by atoms with Gasteiger partial charge in [0.1, 0.15) is 11.6 Å². The highest BCUT2D eigenvalue weighted by Gasteiger charge is 2.15. The highest BCUT2D eigenvalue weighted by molar-refractivity contribution is 6.00. The Labute approximate surface area is 201 Å². The maximum absolute atomic E-state index is 15.0. The van der Waals surface area contributed by atoms with E-state index in [0.717, 1.165) is 25.3 Å². The predicted octanol–water partition coefficient (Wildman–Crippen LogP) is 4.47. The maximum atomic E-state index is 15.0.